The lowest BCUT2D eigenvalue weighted by Crippen LogP contribution is -2.12. The molecule has 0 atom stereocenters. The molecule has 0 bridgehead atoms. The maximum atomic E-state index is 11.9. The molecular formula is C11H8Cl2N2OS. The molecule has 0 saturated carbocycles. The van der Waals surface area contributed by atoms with E-state index in [2.05, 4.69) is 10.3 Å². The highest BCUT2D eigenvalue weighted by molar-refractivity contribution is 7.13. The van der Waals surface area contributed by atoms with Gasteiger partial charge in [-0.25, -0.2) is 4.98 Å². The predicted molar refractivity (Wildman–Crippen MR) is 71.3 cm³/mol. The minimum Gasteiger partial charge on any atom is -0.298 e. The van der Waals surface area contributed by atoms with E-state index in [1.165, 1.54) is 17.4 Å². The molecule has 0 spiro atoms. The number of aryl methyl sites for hydroxylation is 1. The van der Waals surface area contributed by atoms with Crippen LogP contribution in [0.2, 0.25) is 10.0 Å². The maximum Gasteiger partial charge on any atom is 0.258 e. The summed E-state index contributed by atoms with van der Waals surface area (Å²) in [6.45, 7) is 1.86. The number of anilines is 1. The second-order valence-corrected chi connectivity index (χ2v) is 5.07. The molecule has 0 radical (unpaired) electrons. The zero-order valence-corrected chi connectivity index (χ0v) is 11.2. The smallest absolute Gasteiger partial charge is 0.258 e. The van der Waals surface area contributed by atoms with Crippen LogP contribution in [0, 0.1) is 6.92 Å². The summed E-state index contributed by atoms with van der Waals surface area (Å²) in [4.78, 5) is 16.0. The van der Waals surface area contributed by atoms with E-state index in [1.807, 2.05) is 12.3 Å². The van der Waals surface area contributed by atoms with Crippen LogP contribution in [0.25, 0.3) is 0 Å². The van der Waals surface area contributed by atoms with Crippen LogP contribution in [0.4, 0.5) is 5.13 Å². The van der Waals surface area contributed by atoms with Crippen LogP contribution < -0.4 is 5.32 Å². The molecule has 1 amide bonds. The lowest BCUT2D eigenvalue weighted by molar-refractivity contribution is 0.102. The van der Waals surface area contributed by atoms with Crippen LogP contribution in [-0.2, 0) is 0 Å². The molecule has 3 nitrogen and oxygen atoms in total. The van der Waals surface area contributed by atoms with Crippen molar-refractivity contribution in [3.8, 4) is 0 Å². The maximum absolute atomic E-state index is 11.9. The van der Waals surface area contributed by atoms with Crippen LogP contribution in [0.15, 0.2) is 23.6 Å². The molecule has 2 aromatic rings. The number of aromatic nitrogens is 1. The molecule has 1 heterocycles. The summed E-state index contributed by atoms with van der Waals surface area (Å²) in [6, 6.07) is 4.74. The van der Waals surface area contributed by atoms with Crippen molar-refractivity contribution in [2.75, 3.05) is 5.32 Å². The molecule has 0 aliphatic carbocycles. The van der Waals surface area contributed by atoms with Gasteiger partial charge < -0.3 is 0 Å². The third-order valence-corrected chi connectivity index (χ3v) is 3.44. The molecule has 1 aromatic heterocycles. The first-order chi connectivity index (χ1) is 8.06. The second kappa shape index (κ2) is 5.04. The van der Waals surface area contributed by atoms with Gasteiger partial charge in [-0.15, -0.1) is 11.3 Å². The number of nitrogens with one attached hydrogen (secondary N) is 1. The molecule has 17 heavy (non-hydrogen) atoms. The molecule has 1 aromatic carbocycles. The largest absolute Gasteiger partial charge is 0.298 e. The molecule has 6 heteroatoms. The summed E-state index contributed by atoms with van der Waals surface area (Å²) in [6.07, 6.45) is 0. The van der Waals surface area contributed by atoms with Gasteiger partial charge in [-0.2, -0.15) is 0 Å². The Hall–Kier alpha value is -1.10. The second-order valence-electron chi connectivity index (χ2n) is 3.37. The Bertz CT molecular complexity index is 568. The predicted octanol–water partition coefficient (Wildman–Crippen LogP) is 4.01. The number of halogens is 2. The van der Waals surface area contributed by atoms with E-state index in [0.717, 1.165) is 5.69 Å². The molecule has 2 rings (SSSR count). The van der Waals surface area contributed by atoms with Gasteiger partial charge in [0.05, 0.1) is 16.3 Å². The zero-order valence-electron chi connectivity index (χ0n) is 8.83. The Balaban J connectivity index is 2.20. The van der Waals surface area contributed by atoms with Gasteiger partial charge >= 0.3 is 0 Å². The third-order valence-electron chi connectivity index (χ3n) is 2.02. The average Bonchev–Trinajstić information content (AvgIpc) is 2.63. The Morgan fingerprint density at radius 3 is 2.76 bits per heavy atom. The van der Waals surface area contributed by atoms with Crippen LogP contribution in [0.5, 0.6) is 0 Å². The van der Waals surface area contributed by atoms with E-state index < -0.39 is 0 Å². The fraction of sp³-hybridized carbons (Fsp3) is 0.0909. The number of carbonyl (C=O) groups excluding carboxylic acids is 1. The Labute approximate surface area is 112 Å². The van der Waals surface area contributed by atoms with Gasteiger partial charge in [0.15, 0.2) is 5.13 Å². The Kier molecular flexibility index (Phi) is 3.66. The van der Waals surface area contributed by atoms with Crippen molar-refractivity contribution in [2.45, 2.75) is 6.92 Å². The first-order valence-corrected chi connectivity index (χ1v) is 6.38. The Morgan fingerprint density at radius 1 is 1.41 bits per heavy atom. The molecular weight excluding hydrogens is 279 g/mol. The number of thiazole rings is 1. The molecule has 1 N–H and O–H groups in total. The summed E-state index contributed by atoms with van der Waals surface area (Å²) in [5.74, 6) is -0.291. The molecule has 0 aliphatic heterocycles. The summed E-state index contributed by atoms with van der Waals surface area (Å²) in [5.41, 5.74) is 1.25. The minimum atomic E-state index is -0.291. The number of carbonyl (C=O) groups is 1. The molecule has 88 valence electrons. The van der Waals surface area contributed by atoms with Crippen molar-refractivity contribution >= 4 is 45.6 Å². The number of hydrogen-bond donors (Lipinski definition) is 1. The van der Waals surface area contributed by atoms with E-state index in [4.69, 9.17) is 23.2 Å². The van der Waals surface area contributed by atoms with Crippen molar-refractivity contribution in [3.63, 3.8) is 0 Å². The highest BCUT2D eigenvalue weighted by atomic mass is 35.5. The summed E-state index contributed by atoms with van der Waals surface area (Å²) in [7, 11) is 0. The summed E-state index contributed by atoms with van der Waals surface area (Å²) in [5, 5.41) is 5.91. The standard InChI is InChI=1S/C11H8Cl2N2OS/c1-6-5-17-11(14-6)15-10(16)8-3-2-7(12)4-9(8)13/h2-5H,1H3,(H,14,15,16). The van der Waals surface area contributed by atoms with E-state index in [-0.39, 0.29) is 5.91 Å². The van der Waals surface area contributed by atoms with Crippen LogP contribution in [0.1, 0.15) is 16.1 Å². The highest BCUT2D eigenvalue weighted by Crippen LogP contribution is 2.22. The number of rotatable bonds is 2. The van der Waals surface area contributed by atoms with E-state index >= 15 is 0 Å². The van der Waals surface area contributed by atoms with Crippen molar-refractivity contribution < 1.29 is 4.79 Å². The van der Waals surface area contributed by atoms with Gasteiger partial charge in [-0.05, 0) is 25.1 Å². The van der Waals surface area contributed by atoms with Crippen LogP contribution in [-0.4, -0.2) is 10.9 Å². The lowest BCUT2D eigenvalue weighted by Gasteiger charge is -2.04. The molecule has 0 fully saturated rings. The molecule has 0 aliphatic rings. The molecule has 0 saturated heterocycles. The van der Waals surface area contributed by atoms with E-state index in [0.29, 0.717) is 20.7 Å². The average molecular weight is 287 g/mol. The summed E-state index contributed by atoms with van der Waals surface area (Å²) < 4.78 is 0. The van der Waals surface area contributed by atoms with Gasteiger partial charge in [-0.1, -0.05) is 23.2 Å². The van der Waals surface area contributed by atoms with Crippen molar-refractivity contribution in [2.24, 2.45) is 0 Å². The van der Waals surface area contributed by atoms with Gasteiger partial charge in [0.1, 0.15) is 0 Å². The number of benzene rings is 1. The minimum absolute atomic E-state index is 0.291. The van der Waals surface area contributed by atoms with Gasteiger partial charge in [0.2, 0.25) is 0 Å². The first-order valence-electron chi connectivity index (χ1n) is 4.75. The summed E-state index contributed by atoms with van der Waals surface area (Å²) >= 11 is 13.1. The fourth-order valence-electron chi connectivity index (χ4n) is 1.25. The van der Waals surface area contributed by atoms with Crippen LogP contribution in [0.3, 0.4) is 0 Å². The van der Waals surface area contributed by atoms with E-state index in [9.17, 15) is 4.79 Å². The van der Waals surface area contributed by atoms with Crippen molar-refractivity contribution in [3.05, 3.63) is 44.9 Å². The van der Waals surface area contributed by atoms with Crippen molar-refractivity contribution in [1.82, 2.24) is 4.98 Å². The van der Waals surface area contributed by atoms with Gasteiger partial charge in [-0.3, -0.25) is 10.1 Å². The fourth-order valence-corrected chi connectivity index (χ4v) is 2.43. The monoisotopic (exact) mass is 286 g/mol. The third kappa shape index (κ3) is 2.97. The van der Waals surface area contributed by atoms with Crippen molar-refractivity contribution in [1.29, 1.82) is 0 Å². The van der Waals surface area contributed by atoms with Crippen LogP contribution >= 0.6 is 34.5 Å². The highest BCUT2D eigenvalue weighted by Gasteiger charge is 2.12. The van der Waals surface area contributed by atoms with Gasteiger partial charge in [0.25, 0.3) is 5.91 Å². The number of nitrogens with zero attached hydrogens (tertiary/aromatic N) is 1. The normalized spacial score (nSPS) is 10.3. The van der Waals surface area contributed by atoms with E-state index in [1.54, 1.807) is 12.1 Å². The molecule has 0 unspecified atom stereocenters. The SMILES string of the molecule is Cc1csc(NC(=O)c2ccc(Cl)cc2Cl)n1. The first kappa shape index (κ1) is 12.4. The number of hydrogen-bond acceptors (Lipinski definition) is 3. The lowest BCUT2D eigenvalue weighted by atomic mass is 10.2. The Morgan fingerprint density at radius 2 is 2.18 bits per heavy atom. The zero-order chi connectivity index (χ0) is 12.4. The number of amides is 1. The van der Waals surface area contributed by atoms with Gasteiger partial charge in [0, 0.05) is 10.4 Å². The quantitative estimate of drug-likeness (QED) is 0.906. The topological polar surface area (TPSA) is 42.0 Å².